The molecular formula is C25H34N8O6S. The number of aliphatic carboxylic acids is 1. The number of carboxylic acids is 1. The zero-order valence-electron chi connectivity index (χ0n) is 22.4. The molecule has 1 aromatic rings. The van der Waals surface area contributed by atoms with Gasteiger partial charge >= 0.3 is 5.97 Å². The van der Waals surface area contributed by atoms with Gasteiger partial charge in [0.05, 0.1) is 24.1 Å². The summed E-state index contributed by atoms with van der Waals surface area (Å²) >= 11 is 1.47. The molecular weight excluding hydrogens is 540 g/mol. The zero-order valence-corrected chi connectivity index (χ0v) is 23.2. The second-order valence-corrected chi connectivity index (χ2v) is 12.7. The number of hydrogen-bond donors (Lipinski definition) is 4. The Morgan fingerprint density at radius 1 is 1.30 bits per heavy atom. The number of β-lactam (4-membered cyclic amide) rings is 1. The first kappa shape index (κ1) is 27.3. The summed E-state index contributed by atoms with van der Waals surface area (Å²) in [5.41, 5.74) is 0.0232. The van der Waals surface area contributed by atoms with Crippen LogP contribution in [-0.4, -0.2) is 110 Å². The molecule has 1 unspecified atom stereocenters. The standard InChI is InChI=1S/C25H34N8O6S/c1-11-20-19(12(2)29-18(34)9-32-10-28-30-31-32)24(36)33(20)21(25(37)38)23(11)40-13-5-16(27-6-13)22(35)14-3-4-39-17-8-26-7-15(14)17/h10-17,19-20,26-27H,3-9H2,1-2H3,(H,29,34)(H,37,38)/t11-,12-,13+,14+,15?,16+,17-,19-,20-/m1/s1. The minimum Gasteiger partial charge on any atom is -0.477 e. The van der Waals surface area contributed by atoms with Gasteiger partial charge in [-0.1, -0.05) is 6.92 Å². The molecule has 15 heteroatoms. The zero-order chi connectivity index (χ0) is 28.1. The minimum atomic E-state index is -1.14. The lowest BCUT2D eigenvalue weighted by atomic mass is 9.78. The molecule has 4 N–H and O–H groups in total. The number of Topliss-reactive ketones (excluding diaryl/α,β-unsaturated/α-hetero) is 1. The van der Waals surface area contributed by atoms with Crippen LogP contribution in [0.3, 0.4) is 0 Å². The molecule has 2 amide bonds. The van der Waals surface area contributed by atoms with Crippen molar-refractivity contribution in [1.29, 1.82) is 0 Å². The van der Waals surface area contributed by atoms with Gasteiger partial charge in [0.1, 0.15) is 18.6 Å². The molecule has 6 heterocycles. The van der Waals surface area contributed by atoms with Crippen molar-refractivity contribution in [3.8, 4) is 0 Å². The van der Waals surface area contributed by atoms with Crippen molar-refractivity contribution in [3.05, 3.63) is 16.9 Å². The molecule has 5 aliphatic rings. The maximum atomic E-state index is 13.5. The highest BCUT2D eigenvalue weighted by molar-refractivity contribution is 8.03. The number of carboxylic acid groups (broad SMARTS) is 1. The number of rotatable bonds is 9. The van der Waals surface area contributed by atoms with Crippen LogP contribution in [0.1, 0.15) is 26.7 Å². The first-order valence-corrected chi connectivity index (χ1v) is 14.7. The molecule has 0 bridgehead atoms. The SMILES string of the molecule is C[C@@H](NC(=O)Cn1cnnn1)[C@H]1C(=O)N2C(C(=O)O)=C(S[C@@H]3CN[C@H](C(=O)[C@H]4CCO[C@@H]5CNCC45)C3)[C@H](C)[C@H]12. The van der Waals surface area contributed by atoms with E-state index in [0.717, 1.165) is 19.5 Å². The number of amides is 2. The van der Waals surface area contributed by atoms with Gasteiger partial charge < -0.3 is 30.7 Å². The Balaban J connectivity index is 1.10. The smallest absolute Gasteiger partial charge is 0.353 e. The van der Waals surface area contributed by atoms with E-state index in [-0.39, 0.29) is 71.0 Å². The Morgan fingerprint density at radius 3 is 2.88 bits per heavy atom. The molecule has 5 aliphatic heterocycles. The Hall–Kier alpha value is -2.88. The Bertz CT molecular complexity index is 1230. The van der Waals surface area contributed by atoms with Crippen LogP contribution in [0.4, 0.5) is 0 Å². The predicted octanol–water partition coefficient (Wildman–Crippen LogP) is -1.39. The fourth-order valence-corrected chi connectivity index (χ4v) is 8.58. The van der Waals surface area contributed by atoms with Crippen LogP contribution >= 0.6 is 11.8 Å². The van der Waals surface area contributed by atoms with Crippen molar-refractivity contribution in [2.24, 2.45) is 23.7 Å². The number of ketones is 1. The molecule has 216 valence electrons. The molecule has 9 atom stereocenters. The number of carbonyl (C=O) groups excluding carboxylic acids is 3. The molecule has 14 nitrogen and oxygen atoms in total. The van der Waals surface area contributed by atoms with Gasteiger partial charge in [-0.15, -0.1) is 16.9 Å². The van der Waals surface area contributed by atoms with Crippen LogP contribution in [0.15, 0.2) is 16.9 Å². The summed E-state index contributed by atoms with van der Waals surface area (Å²) in [6.45, 7) is 6.38. The highest BCUT2D eigenvalue weighted by atomic mass is 32.2. The van der Waals surface area contributed by atoms with E-state index < -0.39 is 17.9 Å². The van der Waals surface area contributed by atoms with E-state index in [1.807, 2.05) is 6.92 Å². The van der Waals surface area contributed by atoms with Crippen molar-refractivity contribution in [3.63, 3.8) is 0 Å². The fourth-order valence-electron chi connectivity index (χ4n) is 7.11. The first-order chi connectivity index (χ1) is 19.2. The third kappa shape index (κ3) is 4.72. The van der Waals surface area contributed by atoms with E-state index in [2.05, 4.69) is 31.5 Å². The molecule has 0 spiro atoms. The molecule has 4 saturated heterocycles. The van der Waals surface area contributed by atoms with Gasteiger partial charge in [0.2, 0.25) is 11.8 Å². The van der Waals surface area contributed by atoms with Gasteiger partial charge in [0, 0.05) is 60.2 Å². The van der Waals surface area contributed by atoms with E-state index >= 15 is 0 Å². The maximum Gasteiger partial charge on any atom is 0.353 e. The van der Waals surface area contributed by atoms with Crippen molar-refractivity contribution < 1.29 is 29.0 Å². The highest BCUT2D eigenvalue weighted by Gasteiger charge is 2.60. The number of carbonyl (C=O) groups is 4. The van der Waals surface area contributed by atoms with E-state index in [9.17, 15) is 24.3 Å². The van der Waals surface area contributed by atoms with Crippen molar-refractivity contribution in [2.45, 2.75) is 62.7 Å². The number of tetrazole rings is 1. The number of hydrogen-bond acceptors (Lipinski definition) is 11. The summed E-state index contributed by atoms with van der Waals surface area (Å²) in [5, 5.41) is 30.4. The largest absolute Gasteiger partial charge is 0.477 e. The van der Waals surface area contributed by atoms with Crippen LogP contribution in [0.5, 0.6) is 0 Å². The number of nitrogens with zero attached hydrogens (tertiary/aromatic N) is 5. The Morgan fingerprint density at radius 2 is 2.12 bits per heavy atom. The lowest BCUT2D eigenvalue weighted by Crippen LogP contribution is -2.66. The third-order valence-corrected chi connectivity index (χ3v) is 10.5. The van der Waals surface area contributed by atoms with Crippen LogP contribution in [0.2, 0.25) is 0 Å². The maximum absolute atomic E-state index is 13.5. The normalized spacial score (nSPS) is 35.8. The monoisotopic (exact) mass is 574 g/mol. The van der Waals surface area contributed by atoms with E-state index in [0.29, 0.717) is 24.5 Å². The van der Waals surface area contributed by atoms with Crippen molar-refractivity contribution in [1.82, 2.24) is 41.1 Å². The van der Waals surface area contributed by atoms with Gasteiger partial charge in [0.15, 0.2) is 5.78 Å². The number of thioether (sulfide) groups is 1. The average molecular weight is 575 g/mol. The summed E-state index contributed by atoms with van der Waals surface area (Å²) in [7, 11) is 0. The molecule has 4 fully saturated rings. The van der Waals surface area contributed by atoms with Crippen LogP contribution < -0.4 is 16.0 Å². The molecule has 40 heavy (non-hydrogen) atoms. The summed E-state index contributed by atoms with van der Waals surface area (Å²) in [4.78, 5) is 53.5. The van der Waals surface area contributed by atoms with Gasteiger partial charge in [-0.05, 0) is 30.2 Å². The van der Waals surface area contributed by atoms with E-state index in [1.54, 1.807) is 6.92 Å². The number of aromatic nitrogens is 4. The lowest BCUT2D eigenvalue weighted by molar-refractivity contribution is -0.158. The van der Waals surface area contributed by atoms with Crippen LogP contribution in [0.25, 0.3) is 0 Å². The third-order valence-electron chi connectivity index (χ3n) is 8.99. The molecule has 1 aromatic heterocycles. The van der Waals surface area contributed by atoms with Crippen molar-refractivity contribution in [2.75, 3.05) is 26.2 Å². The Kier molecular flexibility index (Phi) is 7.39. The van der Waals surface area contributed by atoms with Gasteiger partial charge in [0.25, 0.3) is 0 Å². The van der Waals surface area contributed by atoms with Gasteiger partial charge in [-0.2, -0.15) is 0 Å². The second kappa shape index (κ2) is 10.8. The fraction of sp³-hybridized carbons (Fsp3) is 0.720. The predicted molar refractivity (Wildman–Crippen MR) is 140 cm³/mol. The van der Waals surface area contributed by atoms with Gasteiger partial charge in [-0.25, -0.2) is 9.48 Å². The second-order valence-electron chi connectivity index (χ2n) is 11.4. The highest BCUT2D eigenvalue weighted by Crippen LogP contribution is 2.52. The lowest BCUT2D eigenvalue weighted by Gasteiger charge is -2.47. The summed E-state index contributed by atoms with van der Waals surface area (Å²) in [5.74, 6) is -2.15. The quantitative estimate of drug-likeness (QED) is 0.254. The van der Waals surface area contributed by atoms with E-state index in [4.69, 9.17) is 4.74 Å². The number of ether oxygens (including phenoxy) is 1. The summed E-state index contributed by atoms with van der Waals surface area (Å²) in [6, 6.07) is -1.12. The van der Waals surface area contributed by atoms with Crippen LogP contribution in [0, 0.1) is 23.7 Å². The van der Waals surface area contributed by atoms with E-state index in [1.165, 1.54) is 27.7 Å². The van der Waals surface area contributed by atoms with Gasteiger partial charge in [-0.3, -0.25) is 14.4 Å². The number of fused-ring (bicyclic) bond motifs is 2. The molecule has 0 aliphatic carbocycles. The average Bonchev–Trinajstić information content (AvgIpc) is 3.71. The number of nitrogens with one attached hydrogen (secondary N) is 3. The summed E-state index contributed by atoms with van der Waals surface area (Å²) < 4.78 is 7.12. The van der Waals surface area contributed by atoms with Crippen molar-refractivity contribution >= 4 is 35.3 Å². The summed E-state index contributed by atoms with van der Waals surface area (Å²) in [6.07, 6.45) is 2.76. The van der Waals surface area contributed by atoms with Crippen LogP contribution in [-0.2, 0) is 30.5 Å². The Labute approximate surface area is 235 Å². The molecule has 0 radical (unpaired) electrons. The minimum absolute atomic E-state index is 0.0127. The molecule has 6 rings (SSSR count). The molecule has 0 saturated carbocycles. The molecule has 0 aromatic carbocycles. The first-order valence-electron chi connectivity index (χ1n) is 13.8. The topological polar surface area (TPSA) is 181 Å².